The summed E-state index contributed by atoms with van der Waals surface area (Å²) in [7, 11) is 0. The molecule has 14 heavy (non-hydrogen) atoms. The Morgan fingerprint density at radius 3 is 3.07 bits per heavy atom. The van der Waals surface area contributed by atoms with Gasteiger partial charge in [-0.3, -0.25) is 0 Å². The molecule has 3 N–H and O–H groups in total. The second-order valence-electron chi connectivity index (χ2n) is 3.19. The molecule has 4 nitrogen and oxygen atoms in total. The summed E-state index contributed by atoms with van der Waals surface area (Å²) < 4.78 is 5.16. The summed E-state index contributed by atoms with van der Waals surface area (Å²) in [6.45, 7) is 0.478. The molecule has 1 aromatic heterocycles. The number of aromatic nitrogens is 1. The van der Waals surface area contributed by atoms with Crippen LogP contribution in [0.2, 0.25) is 0 Å². The quantitative estimate of drug-likeness (QED) is 0.756. The molecule has 0 aliphatic carbocycles. The summed E-state index contributed by atoms with van der Waals surface area (Å²) in [4.78, 5) is 4.01. The van der Waals surface area contributed by atoms with Crippen LogP contribution >= 0.6 is 0 Å². The van der Waals surface area contributed by atoms with E-state index in [0.717, 1.165) is 16.7 Å². The van der Waals surface area contributed by atoms with E-state index in [-0.39, 0.29) is 12.5 Å². The molecular formula is C10H12N2O2. The number of nitrogens with two attached hydrogens (primary N) is 1. The smallest absolute Gasteiger partial charge is 0.181 e. The third-order valence-corrected chi connectivity index (χ3v) is 2.33. The lowest BCUT2D eigenvalue weighted by Gasteiger charge is -2.10. The first-order chi connectivity index (χ1) is 6.85. The average molecular weight is 192 g/mol. The molecule has 0 bridgehead atoms. The Balaban J connectivity index is 2.42. The van der Waals surface area contributed by atoms with Gasteiger partial charge in [-0.05, 0) is 17.7 Å². The van der Waals surface area contributed by atoms with Crippen molar-refractivity contribution in [1.29, 1.82) is 0 Å². The Morgan fingerprint density at radius 1 is 1.50 bits per heavy atom. The minimum atomic E-state index is -0.0236. The van der Waals surface area contributed by atoms with Gasteiger partial charge in [-0.15, -0.1) is 0 Å². The number of aliphatic hydroxyl groups excluding tert-OH is 1. The third kappa shape index (κ3) is 1.49. The van der Waals surface area contributed by atoms with Crippen LogP contribution in [0.4, 0.5) is 0 Å². The summed E-state index contributed by atoms with van der Waals surface area (Å²) >= 11 is 0. The molecule has 2 rings (SSSR count). The number of hydrogen-bond acceptors (Lipinski definition) is 4. The summed E-state index contributed by atoms with van der Waals surface area (Å²) in [5.41, 5.74) is 8.07. The van der Waals surface area contributed by atoms with Gasteiger partial charge in [0.25, 0.3) is 0 Å². The number of oxazole rings is 1. The lowest BCUT2D eigenvalue weighted by atomic mass is 10.00. The largest absolute Gasteiger partial charge is 0.443 e. The number of hydrogen-bond donors (Lipinski definition) is 2. The Labute approximate surface area is 81.4 Å². The van der Waals surface area contributed by atoms with Crippen molar-refractivity contribution >= 4 is 11.1 Å². The number of fused-ring (bicyclic) bond motifs is 1. The Kier molecular flexibility index (Phi) is 2.47. The molecule has 2 aromatic rings. The van der Waals surface area contributed by atoms with Gasteiger partial charge in [0.1, 0.15) is 5.52 Å². The molecule has 1 atom stereocenters. The fraction of sp³-hybridized carbons (Fsp3) is 0.300. The zero-order valence-electron chi connectivity index (χ0n) is 7.68. The molecule has 0 aliphatic rings. The van der Waals surface area contributed by atoms with Crippen LogP contribution in [0.1, 0.15) is 11.5 Å². The monoisotopic (exact) mass is 192 g/mol. The van der Waals surface area contributed by atoms with E-state index in [9.17, 15) is 0 Å². The van der Waals surface area contributed by atoms with Crippen molar-refractivity contribution in [3.8, 4) is 0 Å². The van der Waals surface area contributed by atoms with E-state index in [0.29, 0.717) is 6.54 Å². The summed E-state index contributed by atoms with van der Waals surface area (Å²) in [5.74, 6) is -0.0236. The zero-order valence-corrected chi connectivity index (χ0v) is 7.68. The van der Waals surface area contributed by atoms with Crippen LogP contribution in [0.25, 0.3) is 11.1 Å². The minimum Gasteiger partial charge on any atom is -0.443 e. The summed E-state index contributed by atoms with van der Waals surface area (Å²) in [6, 6.07) is 5.65. The van der Waals surface area contributed by atoms with E-state index < -0.39 is 0 Å². The highest BCUT2D eigenvalue weighted by molar-refractivity contribution is 5.72. The van der Waals surface area contributed by atoms with E-state index in [4.69, 9.17) is 15.3 Å². The van der Waals surface area contributed by atoms with Crippen molar-refractivity contribution in [1.82, 2.24) is 4.98 Å². The van der Waals surface area contributed by atoms with Gasteiger partial charge in [0, 0.05) is 12.5 Å². The maximum atomic E-state index is 9.08. The maximum Gasteiger partial charge on any atom is 0.181 e. The van der Waals surface area contributed by atoms with Crippen LogP contribution in [-0.2, 0) is 0 Å². The van der Waals surface area contributed by atoms with Gasteiger partial charge in [-0.1, -0.05) is 6.07 Å². The fourth-order valence-electron chi connectivity index (χ4n) is 1.44. The molecule has 1 unspecified atom stereocenters. The van der Waals surface area contributed by atoms with Gasteiger partial charge in [0.15, 0.2) is 12.0 Å². The van der Waals surface area contributed by atoms with E-state index in [2.05, 4.69) is 4.98 Å². The molecule has 0 aliphatic heterocycles. The number of nitrogens with zero attached hydrogens (tertiary/aromatic N) is 1. The number of rotatable bonds is 3. The molecule has 1 heterocycles. The molecule has 4 heteroatoms. The summed E-state index contributed by atoms with van der Waals surface area (Å²) in [6.07, 6.45) is 1.41. The highest BCUT2D eigenvalue weighted by Gasteiger charge is 2.09. The number of aliphatic hydroxyl groups is 1. The number of benzene rings is 1. The topological polar surface area (TPSA) is 72.3 Å². The third-order valence-electron chi connectivity index (χ3n) is 2.33. The second kappa shape index (κ2) is 3.77. The fourth-order valence-corrected chi connectivity index (χ4v) is 1.44. The summed E-state index contributed by atoms with van der Waals surface area (Å²) in [5, 5.41) is 9.08. The van der Waals surface area contributed by atoms with Crippen LogP contribution in [0, 0.1) is 0 Å². The molecule has 0 saturated carbocycles. The maximum absolute atomic E-state index is 9.08. The first kappa shape index (κ1) is 9.18. The SMILES string of the molecule is NCC(CO)c1ccc2ncoc2c1. The van der Waals surface area contributed by atoms with Crippen LogP contribution in [-0.4, -0.2) is 23.2 Å². The molecule has 0 saturated heterocycles. The van der Waals surface area contributed by atoms with Gasteiger partial charge in [0.2, 0.25) is 0 Å². The van der Waals surface area contributed by atoms with Gasteiger partial charge in [-0.2, -0.15) is 0 Å². The predicted octanol–water partition coefficient (Wildman–Crippen LogP) is 0.862. The lowest BCUT2D eigenvalue weighted by Crippen LogP contribution is -2.15. The van der Waals surface area contributed by atoms with Gasteiger partial charge < -0.3 is 15.3 Å². The Morgan fingerprint density at radius 2 is 2.36 bits per heavy atom. The first-order valence-electron chi connectivity index (χ1n) is 4.49. The molecule has 1 aromatic carbocycles. The van der Waals surface area contributed by atoms with E-state index >= 15 is 0 Å². The lowest BCUT2D eigenvalue weighted by molar-refractivity contribution is 0.268. The van der Waals surface area contributed by atoms with E-state index in [1.807, 2.05) is 18.2 Å². The Bertz CT molecular complexity index is 421. The molecule has 0 fully saturated rings. The molecule has 0 radical (unpaired) electrons. The van der Waals surface area contributed by atoms with Crippen LogP contribution in [0.5, 0.6) is 0 Å². The van der Waals surface area contributed by atoms with Crippen LogP contribution in [0.15, 0.2) is 29.0 Å². The van der Waals surface area contributed by atoms with Crippen LogP contribution in [0.3, 0.4) is 0 Å². The van der Waals surface area contributed by atoms with Gasteiger partial charge >= 0.3 is 0 Å². The molecule has 0 amide bonds. The van der Waals surface area contributed by atoms with Crippen molar-refractivity contribution in [3.05, 3.63) is 30.2 Å². The molecule has 0 spiro atoms. The highest BCUT2D eigenvalue weighted by Crippen LogP contribution is 2.20. The normalized spacial score (nSPS) is 13.3. The highest BCUT2D eigenvalue weighted by atomic mass is 16.3. The standard InChI is InChI=1S/C10H12N2O2/c11-4-8(5-13)7-1-2-9-10(3-7)14-6-12-9/h1-3,6,8,13H,4-5,11H2. The van der Waals surface area contributed by atoms with Crippen molar-refractivity contribution in [2.24, 2.45) is 5.73 Å². The van der Waals surface area contributed by atoms with Crippen molar-refractivity contribution in [2.45, 2.75) is 5.92 Å². The van der Waals surface area contributed by atoms with Crippen LogP contribution < -0.4 is 5.73 Å². The predicted molar refractivity (Wildman–Crippen MR) is 52.9 cm³/mol. The molecular weight excluding hydrogens is 180 g/mol. The van der Waals surface area contributed by atoms with Crippen molar-refractivity contribution in [2.75, 3.05) is 13.2 Å². The average Bonchev–Trinajstić information content (AvgIpc) is 2.66. The van der Waals surface area contributed by atoms with E-state index in [1.165, 1.54) is 6.39 Å². The molecule has 74 valence electrons. The first-order valence-corrected chi connectivity index (χ1v) is 4.49. The van der Waals surface area contributed by atoms with Crippen molar-refractivity contribution < 1.29 is 9.52 Å². The minimum absolute atomic E-state index is 0.0236. The van der Waals surface area contributed by atoms with Crippen molar-refractivity contribution in [3.63, 3.8) is 0 Å². The van der Waals surface area contributed by atoms with Gasteiger partial charge in [-0.25, -0.2) is 4.98 Å². The van der Waals surface area contributed by atoms with E-state index in [1.54, 1.807) is 0 Å². The van der Waals surface area contributed by atoms with Gasteiger partial charge in [0.05, 0.1) is 6.61 Å². The zero-order chi connectivity index (χ0) is 9.97. The second-order valence-corrected chi connectivity index (χ2v) is 3.19. The Hall–Kier alpha value is -1.39.